The Hall–Kier alpha value is -0.300. The molecule has 0 radical (unpaired) electrons. The van der Waals surface area contributed by atoms with Crippen LogP contribution in [0.4, 0.5) is 0 Å². The Bertz CT molecular complexity index is 171. The van der Waals surface area contributed by atoms with Gasteiger partial charge in [-0.25, -0.2) is 0 Å². The van der Waals surface area contributed by atoms with E-state index < -0.39 is 0 Å². The largest absolute Gasteiger partial charge is 0.330 e. The predicted molar refractivity (Wildman–Crippen MR) is 99.8 cm³/mol. The summed E-state index contributed by atoms with van der Waals surface area (Å²) in [5.74, 6) is 0.784. The molecule has 1 heteroatoms. The molecule has 0 bridgehead atoms. The van der Waals surface area contributed by atoms with Crippen LogP contribution in [0.25, 0.3) is 0 Å². The van der Waals surface area contributed by atoms with Crippen molar-refractivity contribution in [2.75, 3.05) is 6.54 Å². The molecule has 1 unspecified atom stereocenters. The lowest BCUT2D eigenvalue weighted by Crippen LogP contribution is -1.97. The van der Waals surface area contributed by atoms with E-state index in [1.807, 2.05) is 0 Å². The lowest BCUT2D eigenvalue weighted by molar-refractivity contribution is 0.496. The van der Waals surface area contributed by atoms with Crippen molar-refractivity contribution in [2.45, 2.75) is 104 Å². The molecule has 0 saturated carbocycles. The highest BCUT2D eigenvalue weighted by atomic mass is 14.5. The summed E-state index contributed by atoms with van der Waals surface area (Å²) in [7, 11) is 0. The molecule has 1 atom stereocenters. The molecule has 1 nitrogen and oxygen atoms in total. The predicted octanol–water partition coefficient (Wildman–Crippen LogP) is 6.86. The molecule has 0 amide bonds. The van der Waals surface area contributed by atoms with E-state index in [1.165, 1.54) is 83.5 Å². The standard InChI is InChI=1S/C12H24.C8H19N/c1-4-7-8-9-11-12(6-3)10-5-2;1-2-3-4-5-6-7-8-9/h6,12H,3-5,7-11H2,1-2H3;2-9H2,1H3. The molecule has 128 valence electrons. The van der Waals surface area contributed by atoms with Crippen molar-refractivity contribution in [3.63, 3.8) is 0 Å². The molecule has 0 aromatic rings. The lowest BCUT2D eigenvalue weighted by atomic mass is 9.96. The van der Waals surface area contributed by atoms with Gasteiger partial charge in [0, 0.05) is 0 Å². The van der Waals surface area contributed by atoms with Crippen LogP contribution in [0.5, 0.6) is 0 Å². The quantitative estimate of drug-likeness (QED) is 0.275. The second-order valence-corrected chi connectivity index (χ2v) is 6.19. The second-order valence-electron chi connectivity index (χ2n) is 6.19. The molecule has 0 aliphatic heterocycles. The molecule has 0 heterocycles. The number of hydrogen-bond acceptors (Lipinski definition) is 1. The molecule has 2 N–H and O–H groups in total. The average Bonchev–Trinajstić information content (AvgIpc) is 2.51. The van der Waals surface area contributed by atoms with Crippen LogP contribution in [-0.2, 0) is 0 Å². The summed E-state index contributed by atoms with van der Waals surface area (Å²) >= 11 is 0. The van der Waals surface area contributed by atoms with E-state index in [4.69, 9.17) is 5.73 Å². The van der Waals surface area contributed by atoms with Crippen molar-refractivity contribution in [2.24, 2.45) is 11.7 Å². The van der Waals surface area contributed by atoms with Gasteiger partial charge < -0.3 is 5.73 Å². The maximum atomic E-state index is 5.34. The fourth-order valence-electron chi connectivity index (χ4n) is 2.51. The number of unbranched alkanes of at least 4 members (excludes halogenated alkanes) is 8. The minimum atomic E-state index is 0.784. The van der Waals surface area contributed by atoms with Crippen LogP contribution in [0.3, 0.4) is 0 Å². The van der Waals surface area contributed by atoms with Gasteiger partial charge in [-0.1, -0.05) is 91.1 Å². The number of hydrogen-bond donors (Lipinski definition) is 1. The van der Waals surface area contributed by atoms with Crippen molar-refractivity contribution in [1.29, 1.82) is 0 Å². The lowest BCUT2D eigenvalue weighted by Gasteiger charge is -2.09. The second kappa shape index (κ2) is 22.0. The van der Waals surface area contributed by atoms with Crippen LogP contribution < -0.4 is 5.73 Å². The minimum Gasteiger partial charge on any atom is -0.330 e. The third-order valence-electron chi connectivity index (χ3n) is 3.98. The van der Waals surface area contributed by atoms with Gasteiger partial charge in [0.25, 0.3) is 0 Å². The first kappa shape index (κ1) is 23.0. The highest BCUT2D eigenvalue weighted by Crippen LogP contribution is 2.16. The molecule has 0 aliphatic rings. The Morgan fingerprint density at radius 2 is 1.24 bits per heavy atom. The van der Waals surface area contributed by atoms with Gasteiger partial charge in [0.05, 0.1) is 0 Å². The van der Waals surface area contributed by atoms with Gasteiger partial charge in [-0.3, -0.25) is 0 Å². The van der Waals surface area contributed by atoms with Crippen LogP contribution in [0, 0.1) is 5.92 Å². The zero-order valence-electron chi connectivity index (χ0n) is 15.3. The third-order valence-corrected chi connectivity index (χ3v) is 3.98. The molecule has 0 spiro atoms. The molecule has 0 saturated heterocycles. The Morgan fingerprint density at radius 3 is 1.71 bits per heavy atom. The van der Waals surface area contributed by atoms with E-state index in [2.05, 4.69) is 33.4 Å². The molecule has 0 aromatic carbocycles. The summed E-state index contributed by atoms with van der Waals surface area (Å²) in [6.45, 7) is 11.5. The van der Waals surface area contributed by atoms with Gasteiger partial charge in [0.2, 0.25) is 0 Å². The zero-order chi connectivity index (χ0) is 16.2. The smallest absolute Gasteiger partial charge is 0.00773 e. The number of nitrogens with two attached hydrogens (primary N) is 1. The molecular formula is C20H43N. The van der Waals surface area contributed by atoms with Gasteiger partial charge in [0.15, 0.2) is 0 Å². The minimum absolute atomic E-state index is 0.784. The van der Waals surface area contributed by atoms with Crippen LogP contribution in [0.2, 0.25) is 0 Å². The molecule has 0 aliphatic carbocycles. The molecule has 0 fully saturated rings. The van der Waals surface area contributed by atoms with E-state index in [0.717, 1.165) is 12.5 Å². The topological polar surface area (TPSA) is 26.0 Å². The third kappa shape index (κ3) is 22.1. The Morgan fingerprint density at radius 1 is 0.714 bits per heavy atom. The Labute approximate surface area is 135 Å². The molecule has 21 heavy (non-hydrogen) atoms. The first-order valence-electron chi connectivity index (χ1n) is 9.59. The van der Waals surface area contributed by atoms with Crippen molar-refractivity contribution in [1.82, 2.24) is 0 Å². The van der Waals surface area contributed by atoms with Crippen molar-refractivity contribution in [3.05, 3.63) is 12.7 Å². The summed E-state index contributed by atoms with van der Waals surface area (Å²) in [6.07, 6.45) is 19.7. The Kier molecular flexibility index (Phi) is 24.1. The summed E-state index contributed by atoms with van der Waals surface area (Å²) in [6, 6.07) is 0. The first-order chi connectivity index (χ1) is 10.3. The van der Waals surface area contributed by atoms with Gasteiger partial charge in [-0.15, -0.1) is 6.58 Å². The van der Waals surface area contributed by atoms with Gasteiger partial charge in [-0.05, 0) is 31.7 Å². The summed E-state index contributed by atoms with van der Waals surface area (Å²) in [5, 5.41) is 0. The van der Waals surface area contributed by atoms with Crippen LogP contribution in [0.1, 0.15) is 104 Å². The van der Waals surface area contributed by atoms with Gasteiger partial charge in [-0.2, -0.15) is 0 Å². The highest BCUT2D eigenvalue weighted by molar-refractivity contribution is 4.78. The van der Waals surface area contributed by atoms with Crippen LogP contribution in [-0.4, -0.2) is 6.54 Å². The Balaban J connectivity index is 0. The summed E-state index contributed by atoms with van der Waals surface area (Å²) in [4.78, 5) is 0. The summed E-state index contributed by atoms with van der Waals surface area (Å²) in [5.41, 5.74) is 5.34. The van der Waals surface area contributed by atoms with E-state index in [1.54, 1.807) is 0 Å². The fraction of sp³-hybridized carbons (Fsp3) is 0.900. The highest BCUT2D eigenvalue weighted by Gasteiger charge is 2.01. The van der Waals surface area contributed by atoms with Crippen molar-refractivity contribution < 1.29 is 0 Å². The van der Waals surface area contributed by atoms with Gasteiger partial charge >= 0.3 is 0 Å². The van der Waals surface area contributed by atoms with E-state index in [9.17, 15) is 0 Å². The molecule has 0 aromatic heterocycles. The normalized spacial score (nSPS) is 11.6. The number of rotatable bonds is 14. The van der Waals surface area contributed by atoms with E-state index in [0.29, 0.717) is 0 Å². The maximum Gasteiger partial charge on any atom is -0.00773 e. The molecular weight excluding hydrogens is 254 g/mol. The van der Waals surface area contributed by atoms with E-state index >= 15 is 0 Å². The fourth-order valence-corrected chi connectivity index (χ4v) is 2.51. The number of allylic oxidation sites excluding steroid dienone is 1. The molecule has 0 rings (SSSR count). The first-order valence-corrected chi connectivity index (χ1v) is 9.59. The maximum absolute atomic E-state index is 5.34. The van der Waals surface area contributed by atoms with Gasteiger partial charge in [0.1, 0.15) is 0 Å². The van der Waals surface area contributed by atoms with Crippen LogP contribution >= 0.6 is 0 Å². The zero-order valence-corrected chi connectivity index (χ0v) is 15.3. The average molecular weight is 298 g/mol. The SMILES string of the molecule is C=CC(CCC)CCCCCC.CCCCCCCCN. The van der Waals surface area contributed by atoms with Crippen LogP contribution in [0.15, 0.2) is 12.7 Å². The summed E-state index contributed by atoms with van der Waals surface area (Å²) < 4.78 is 0. The van der Waals surface area contributed by atoms with Crippen molar-refractivity contribution in [3.8, 4) is 0 Å². The van der Waals surface area contributed by atoms with E-state index in [-0.39, 0.29) is 0 Å². The monoisotopic (exact) mass is 297 g/mol. The van der Waals surface area contributed by atoms with Crippen molar-refractivity contribution >= 4 is 0 Å².